The van der Waals surface area contributed by atoms with Crippen LogP contribution in [0.25, 0.3) is 0 Å². The predicted molar refractivity (Wildman–Crippen MR) is 55.0 cm³/mol. The summed E-state index contributed by atoms with van der Waals surface area (Å²) < 4.78 is 9.96. The lowest BCUT2D eigenvalue weighted by molar-refractivity contribution is -0.141. The second kappa shape index (κ2) is 10.4. The number of carbonyl (C=O) groups excluding carboxylic acids is 1. The Morgan fingerprint density at radius 3 is 2.86 bits per heavy atom. The Bertz CT molecular complexity index is 191. The average molecular weight is 217 g/mol. The van der Waals surface area contributed by atoms with Gasteiger partial charge in [-0.15, -0.1) is 11.8 Å². The van der Waals surface area contributed by atoms with Gasteiger partial charge in [-0.25, -0.2) is 0 Å². The minimum atomic E-state index is -0.287. The molecule has 0 saturated heterocycles. The van der Waals surface area contributed by atoms with Crippen LogP contribution in [0.4, 0.5) is 0 Å². The smallest absolute Gasteiger partial charge is 0.316 e. The molecule has 0 aromatic heterocycles. The van der Waals surface area contributed by atoms with E-state index in [9.17, 15) is 4.79 Å². The topological polar surface area (TPSA) is 59.3 Å². The minimum absolute atomic E-state index is 0.237. The van der Waals surface area contributed by atoms with Crippen molar-refractivity contribution in [2.45, 2.75) is 13.3 Å². The summed E-state index contributed by atoms with van der Waals surface area (Å²) in [6.07, 6.45) is 0.964. The number of nitriles is 1. The molecule has 0 heterocycles. The lowest BCUT2D eigenvalue weighted by Gasteiger charge is -2.04. The van der Waals surface area contributed by atoms with Crippen molar-refractivity contribution in [2.24, 2.45) is 0 Å². The average Bonchev–Trinajstić information content (AvgIpc) is 2.18. The van der Waals surface area contributed by atoms with Crippen molar-refractivity contribution in [3.63, 3.8) is 0 Å². The van der Waals surface area contributed by atoms with E-state index in [0.29, 0.717) is 25.6 Å². The Labute approximate surface area is 88.6 Å². The normalized spacial score (nSPS) is 9.43. The largest absolute Gasteiger partial charge is 0.463 e. The van der Waals surface area contributed by atoms with Crippen LogP contribution in [0.1, 0.15) is 13.3 Å². The number of hydrogen-bond acceptors (Lipinski definition) is 5. The lowest BCUT2D eigenvalue weighted by atomic mass is 10.5. The lowest BCUT2D eigenvalue weighted by Crippen LogP contribution is -2.12. The number of ether oxygens (including phenoxy) is 2. The number of carbonyl (C=O) groups is 1. The van der Waals surface area contributed by atoms with E-state index in [0.717, 1.165) is 6.42 Å². The quantitative estimate of drug-likeness (QED) is 0.452. The van der Waals surface area contributed by atoms with Crippen molar-refractivity contribution < 1.29 is 14.3 Å². The van der Waals surface area contributed by atoms with Crippen LogP contribution < -0.4 is 0 Å². The zero-order valence-electron chi connectivity index (χ0n) is 8.32. The fourth-order valence-corrected chi connectivity index (χ4v) is 1.13. The van der Waals surface area contributed by atoms with Crippen molar-refractivity contribution in [1.29, 1.82) is 5.26 Å². The van der Waals surface area contributed by atoms with Gasteiger partial charge in [0.05, 0.1) is 24.2 Å². The third-order valence-electron chi connectivity index (χ3n) is 1.23. The molecule has 0 aromatic rings. The van der Waals surface area contributed by atoms with Gasteiger partial charge < -0.3 is 9.47 Å². The molecule has 0 spiro atoms. The van der Waals surface area contributed by atoms with E-state index in [1.165, 1.54) is 11.8 Å². The molecule has 4 nitrogen and oxygen atoms in total. The van der Waals surface area contributed by atoms with Gasteiger partial charge in [0.25, 0.3) is 0 Å². The maximum Gasteiger partial charge on any atom is 0.316 e. The van der Waals surface area contributed by atoms with Gasteiger partial charge >= 0.3 is 5.97 Å². The van der Waals surface area contributed by atoms with E-state index < -0.39 is 0 Å². The summed E-state index contributed by atoms with van der Waals surface area (Å²) in [6.45, 7) is 3.46. The fraction of sp³-hybridized carbons (Fsp3) is 0.778. The molecule has 0 aliphatic carbocycles. The molecule has 0 aliphatic heterocycles. The summed E-state index contributed by atoms with van der Waals surface area (Å²) in [6, 6.07) is 1.94. The van der Waals surface area contributed by atoms with E-state index in [1.54, 1.807) is 0 Å². The standard InChI is InChI=1S/C9H15NO3S/c1-2-4-12-5-6-13-9(11)8-14-7-3-10/h2,4-8H2,1H3. The van der Waals surface area contributed by atoms with E-state index >= 15 is 0 Å². The van der Waals surface area contributed by atoms with Gasteiger partial charge in [0, 0.05) is 6.61 Å². The number of esters is 1. The first-order chi connectivity index (χ1) is 6.81. The Balaban J connectivity index is 3.15. The van der Waals surface area contributed by atoms with Crippen molar-refractivity contribution >= 4 is 17.7 Å². The van der Waals surface area contributed by atoms with Crippen LogP contribution in [-0.2, 0) is 14.3 Å². The maximum absolute atomic E-state index is 10.9. The van der Waals surface area contributed by atoms with E-state index in [-0.39, 0.29) is 11.7 Å². The molecule has 0 saturated carbocycles. The van der Waals surface area contributed by atoms with Crippen LogP contribution in [0, 0.1) is 11.3 Å². The van der Waals surface area contributed by atoms with Gasteiger partial charge in [0.15, 0.2) is 0 Å². The van der Waals surface area contributed by atoms with Gasteiger partial charge in [0.1, 0.15) is 6.61 Å². The summed E-state index contributed by atoms with van der Waals surface area (Å²) in [5.74, 6) is 0.272. The van der Waals surface area contributed by atoms with Crippen LogP contribution >= 0.6 is 11.8 Å². The first-order valence-corrected chi connectivity index (χ1v) is 5.64. The molecule has 0 aromatic carbocycles. The Morgan fingerprint density at radius 1 is 1.43 bits per heavy atom. The van der Waals surface area contributed by atoms with Crippen LogP contribution in [0.3, 0.4) is 0 Å². The van der Waals surface area contributed by atoms with Crippen molar-refractivity contribution in [2.75, 3.05) is 31.3 Å². The highest BCUT2D eigenvalue weighted by Crippen LogP contribution is 1.98. The monoisotopic (exact) mass is 217 g/mol. The van der Waals surface area contributed by atoms with Gasteiger partial charge in [-0.2, -0.15) is 5.26 Å². The van der Waals surface area contributed by atoms with E-state index in [1.807, 2.05) is 13.0 Å². The number of rotatable bonds is 8. The first kappa shape index (κ1) is 13.3. The fourth-order valence-electron chi connectivity index (χ4n) is 0.683. The molecule has 0 aliphatic rings. The predicted octanol–water partition coefficient (Wildman–Crippen LogP) is 1.21. The van der Waals surface area contributed by atoms with Crippen LogP contribution in [0.5, 0.6) is 0 Å². The number of thioether (sulfide) groups is 1. The highest BCUT2D eigenvalue weighted by molar-refractivity contribution is 8.00. The zero-order valence-corrected chi connectivity index (χ0v) is 9.14. The molecule has 0 fully saturated rings. The Morgan fingerprint density at radius 2 is 2.21 bits per heavy atom. The van der Waals surface area contributed by atoms with Gasteiger partial charge in [-0.05, 0) is 6.42 Å². The SMILES string of the molecule is CCCOCCOC(=O)CSCC#N. The van der Waals surface area contributed by atoms with Crippen LogP contribution in [0.15, 0.2) is 0 Å². The number of nitrogens with zero attached hydrogens (tertiary/aromatic N) is 1. The molecule has 0 amide bonds. The molecule has 0 unspecified atom stereocenters. The molecular weight excluding hydrogens is 202 g/mol. The van der Waals surface area contributed by atoms with Crippen LogP contribution in [0.2, 0.25) is 0 Å². The Hall–Kier alpha value is -0.730. The summed E-state index contributed by atoms with van der Waals surface area (Å²) in [7, 11) is 0. The zero-order chi connectivity index (χ0) is 10.6. The van der Waals surface area contributed by atoms with Gasteiger partial charge in [0.2, 0.25) is 0 Å². The molecule has 0 atom stereocenters. The second-order valence-electron chi connectivity index (χ2n) is 2.48. The highest BCUT2D eigenvalue weighted by Gasteiger charge is 2.01. The molecule has 0 N–H and O–H groups in total. The minimum Gasteiger partial charge on any atom is -0.463 e. The van der Waals surface area contributed by atoms with Crippen LogP contribution in [-0.4, -0.2) is 37.3 Å². The van der Waals surface area contributed by atoms with Gasteiger partial charge in [-0.1, -0.05) is 6.92 Å². The third-order valence-corrected chi connectivity index (χ3v) is 2.00. The maximum atomic E-state index is 10.9. The molecule has 0 bridgehead atoms. The molecular formula is C9H15NO3S. The summed E-state index contributed by atoms with van der Waals surface area (Å²) in [5.41, 5.74) is 0. The van der Waals surface area contributed by atoms with Crippen molar-refractivity contribution in [3.8, 4) is 6.07 Å². The molecule has 0 rings (SSSR count). The van der Waals surface area contributed by atoms with Gasteiger partial charge in [-0.3, -0.25) is 4.79 Å². The second-order valence-corrected chi connectivity index (χ2v) is 3.47. The van der Waals surface area contributed by atoms with E-state index in [4.69, 9.17) is 14.7 Å². The molecule has 80 valence electrons. The van der Waals surface area contributed by atoms with E-state index in [2.05, 4.69) is 0 Å². The molecule has 14 heavy (non-hydrogen) atoms. The number of hydrogen-bond donors (Lipinski definition) is 0. The Kier molecular flexibility index (Phi) is 9.81. The van der Waals surface area contributed by atoms with Crippen molar-refractivity contribution in [3.05, 3.63) is 0 Å². The molecule has 5 heteroatoms. The first-order valence-electron chi connectivity index (χ1n) is 4.49. The highest BCUT2D eigenvalue weighted by atomic mass is 32.2. The summed E-state index contributed by atoms with van der Waals surface area (Å²) in [4.78, 5) is 10.9. The third kappa shape index (κ3) is 9.36. The summed E-state index contributed by atoms with van der Waals surface area (Å²) in [5, 5.41) is 8.21. The summed E-state index contributed by atoms with van der Waals surface area (Å²) >= 11 is 1.25. The molecule has 0 radical (unpaired) electrons. The van der Waals surface area contributed by atoms with Crippen molar-refractivity contribution in [1.82, 2.24) is 0 Å².